The Morgan fingerprint density at radius 2 is 2.08 bits per heavy atom. The molecule has 1 aliphatic carbocycles. The third-order valence-corrected chi connectivity index (χ3v) is 2.96. The minimum atomic E-state index is -0.261. The molecule has 1 aliphatic rings. The maximum atomic E-state index is 10.5. The number of nitrogens with two attached hydrogens (primary N) is 1. The zero-order chi connectivity index (χ0) is 9.68. The first kappa shape index (κ1) is 10.5. The molecule has 1 atom stereocenters. The van der Waals surface area contributed by atoms with Crippen LogP contribution in [0, 0.1) is 5.92 Å². The van der Waals surface area contributed by atoms with Crippen molar-refractivity contribution in [1.29, 1.82) is 0 Å². The fourth-order valence-corrected chi connectivity index (χ4v) is 2.06. The Bertz CT molecular complexity index is 164. The highest BCUT2D eigenvalue weighted by atomic mass is 16.1. The summed E-state index contributed by atoms with van der Waals surface area (Å²) in [6, 6.07) is 0.438. The summed E-state index contributed by atoms with van der Waals surface area (Å²) in [5, 5.41) is 3.18. The van der Waals surface area contributed by atoms with Crippen molar-refractivity contribution in [1.82, 2.24) is 5.32 Å². The van der Waals surface area contributed by atoms with E-state index in [4.69, 9.17) is 5.73 Å². The molecule has 0 heterocycles. The Morgan fingerprint density at radius 3 is 2.62 bits per heavy atom. The lowest BCUT2D eigenvalue weighted by molar-refractivity contribution is -0.117. The van der Waals surface area contributed by atoms with E-state index in [-0.39, 0.29) is 5.91 Å². The molecule has 1 fully saturated rings. The number of carbonyl (C=O) groups excluding carboxylic acids is 1. The van der Waals surface area contributed by atoms with Crippen molar-refractivity contribution in [3.8, 4) is 0 Å². The molecule has 0 spiro atoms. The SMILES string of the molecule is C[C@@H](NCC(N)=O)C1CCCCC1. The summed E-state index contributed by atoms with van der Waals surface area (Å²) < 4.78 is 0. The van der Waals surface area contributed by atoms with Crippen LogP contribution in [0.1, 0.15) is 39.0 Å². The second kappa shape index (κ2) is 5.22. The zero-order valence-corrected chi connectivity index (χ0v) is 8.38. The molecule has 0 saturated heterocycles. The molecule has 0 aromatic carbocycles. The van der Waals surface area contributed by atoms with E-state index >= 15 is 0 Å². The first-order chi connectivity index (χ1) is 6.20. The topological polar surface area (TPSA) is 55.1 Å². The van der Waals surface area contributed by atoms with Crippen molar-refractivity contribution in [2.24, 2.45) is 11.7 Å². The van der Waals surface area contributed by atoms with Crippen LogP contribution >= 0.6 is 0 Å². The van der Waals surface area contributed by atoms with E-state index in [0.717, 1.165) is 5.92 Å². The van der Waals surface area contributed by atoms with Crippen LogP contribution in [-0.4, -0.2) is 18.5 Å². The van der Waals surface area contributed by atoms with Crippen LogP contribution in [-0.2, 0) is 4.79 Å². The molecule has 0 unspecified atom stereocenters. The Hall–Kier alpha value is -0.570. The molecule has 3 N–H and O–H groups in total. The molecule has 0 aliphatic heterocycles. The second-order valence-electron chi connectivity index (χ2n) is 4.03. The molecule has 0 aromatic rings. The van der Waals surface area contributed by atoms with Gasteiger partial charge in [-0.25, -0.2) is 0 Å². The van der Waals surface area contributed by atoms with E-state index in [1.54, 1.807) is 0 Å². The molecule has 1 rings (SSSR count). The van der Waals surface area contributed by atoms with Crippen molar-refractivity contribution in [3.05, 3.63) is 0 Å². The van der Waals surface area contributed by atoms with Crippen molar-refractivity contribution < 1.29 is 4.79 Å². The molecule has 3 nitrogen and oxygen atoms in total. The molecule has 0 bridgehead atoms. The zero-order valence-electron chi connectivity index (χ0n) is 8.38. The molecule has 1 amide bonds. The van der Waals surface area contributed by atoms with E-state index < -0.39 is 0 Å². The maximum absolute atomic E-state index is 10.5. The van der Waals surface area contributed by atoms with Gasteiger partial charge in [-0.1, -0.05) is 19.3 Å². The van der Waals surface area contributed by atoms with E-state index in [1.165, 1.54) is 32.1 Å². The normalized spacial score (nSPS) is 21.3. The lowest BCUT2D eigenvalue weighted by Gasteiger charge is -2.27. The number of hydrogen-bond acceptors (Lipinski definition) is 2. The lowest BCUT2D eigenvalue weighted by atomic mass is 9.84. The standard InChI is InChI=1S/C10H20N2O/c1-8(12-7-10(11)13)9-5-3-2-4-6-9/h8-9,12H,2-7H2,1H3,(H2,11,13)/t8-/m1/s1. The van der Waals surface area contributed by atoms with E-state index in [1.807, 2.05) is 0 Å². The van der Waals surface area contributed by atoms with Gasteiger partial charge in [0.2, 0.25) is 5.91 Å². The monoisotopic (exact) mass is 184 g/mol. The van der Waals surface area contributed by atoms with Gasteiger partial charge in [-0.3, -0.25) is 4.79 Å². The third-order valence-electron chi connectivity index (χ3n) is 2.96. The highest BCUT2D eigenvalue weighted by molar-refractivity contribution is 5.75. The van der Waals surface area contributed by atoms with Crippen LogP contribution in [0.15, 0.2) is 0 Å². The van der Waals surface area contributed by atoms with Crippen LogP contribution < -0.4 is 11.1 Å². The van der Waals surface area contributed by atoms with Crippen LogP contribution in [0.4, 0.5) is 0 Å². The van der Waals surface area contributed by atoms with Crippen LogP contribution in [0.2, 0.25) is 0 Å². The molecule has 0 aromatic heterocycles. The Morgan fingerprint density at radius 1 is 1.46 bits per heavy atom. The number of nitrogens with one attached hydrogen (secondary N) is 1. The maximum Gasteiger partial charge on any atom is 0.231 e. The molecule has 0 radical (unpaired) electrons. The number of hydrogen-bond donors (Lipinski definition) is 2. The van der Waals surface area contributed by atoms with Crippen molar-refractivity contribution in [3.63, 3.8) is 0 Å². The summed E-state index contributed by atoms with van der Waals surface area (Å²) >= 11 is 0. The number of amides is 1. The first-order valence-corrected chi connectivity index (χ1v) is 5.22. The van der Waals surface area contributed by atoms with E-state index in [0.29, 0.717) is 12.6 Å². The average Bonchev–Trinajstić information content (AvgIpc) is 2.15. The Balaban J connectivity index is 2.20. The molecule has 13 heavy (non-hydrogen) atoms. The van der Waals surface area contributed by atoms with Gasteiger partial charge in [0, 0.05) is 6.04 Å². The predicted molar refractivity (Wildman–Crippen MR) is 53.2 cm³/mol. The second-order valence-corrected chi connectivity index (χ2v) is 4.03. The number of primary amides is 1. The summed E-state index contributed by atoms with van der Waals surface area (Å²) in [6.45, 7) is 2.47. The largest absolute Gasteiger partial charge is 0.369 e. The van der Waals surface area contributed by atoms with Gasteiger partial charge in [0.05, 0.1) is 6.54 Å². The minimum Gasteiger partial charge on any atom is -0.369 e. The van der Waals surface area contributed by atoms with Crippen LogP contribution in [0.5, 0.6) is 0 Å². The van der Waals surface area contributed by atoms with Gasteiger partial charge in [-0.05, 0) is 25.7 Å². The summed E-state index contributed by atoms with van der Waals surface area (Å²) in [6.07, 6.45) is 6.65. The predicted octanol–water partition coefficient (Wildman–Crippen LogP) is 1.03. The third kappa shape index (κ3) is 3.77. The van der Waals surface area contributed by atoms with Gasteiger partial charge in [0.15, 0.2) is 0 Å². The van der Waals surface area contributed by atoms with E-state index in [9.17, 15) is 4.79 Å². The summed E-state index contributed by atoms with van der Waals surface area (Å²) in [4.78, 5) is 10.5. The first-order valence-electron chi connectivity index (χ1n) is 5.22. The van der Waals surface area contributed by atoms with E-state index in [2.05, 4.69) is 12.2 Å². The van der Waals surface area contributed by atoms with Crippen LogP contribution in [0.25, 0.3) is 0 Å². The quantitative estimate of drug-likeness (QED) is 0.685. The van der Waals surface area contributed by atoms with Crippen LogP contribution in [0.3, 0.4) is 0 Å². The average molecular weight is 184 g/mol. The highest BCUT2D eigenvalue weighted by Crippen LogP contribution is 2.26. The smallest absolute Gasteiger partial charge is 0.231 e. The summed E-state index contributed by atoms with van der Waals surface area (Å²) in [5.74, 6) is 0.482. The molecule has 3 heteroatoms. The van der Waals surface area contributed by atoms with Gasteiger partial charge >= 0.3 is 0 Å². The summed E-state index contributed by atoms with van der Waals surface area (Å²) in [5.41, 5.74) is 5.07. The lowest BCUT2D eigenvalue weighted by Crippen LogP contribution is -2.39. The molecule has 76 valence electrons. The van der Waals surface area contributed by atoms with Crippen molar-refractivity contribution in [2.45, 2.75) is 45.1 Å². The summed E-state index contributed by atoms with van der Waals surface area (Å²) in [7, 11) is 0. The van der Waals surface area contributed by atoms with Gasteiger partial charge < -0.3 is 11.1 Å². The van der Waals surface area contributed by atoms with Gasteiger partial charge in [0.1, 0.15) is 0 Å². The number of carbonyl (C=O) groups is 1. The Labute approximate surface area is 80.1 Å². The fraction of sp³-hybridized carbons (Fsp3) is 0.900. The molecular weight excluding hydrogens is 164 g/mol. The van der Waals surface area contributed by atoms with Gasteiger partial charge in [0.25, 0.3) is 0 Å². The molecule has 1 saturated carbocycles. The van der Waals surface area contributed by atoms with Crippen molar-refractivity contribution in [2.75, 3.05) is 6.54 Å². The fourth-order valence-electron chi connectivity index (χ4n) is 2.06. The Kier molecular flexibility index (Phi) is 4.22. The highest BCUT2D eigenvalue weighted by Gasteiger charge is 2.19. The molecular formula is C10H20N2O. The van der Waals surface area contributed by atoms with Crippen molar-refractivity contribution >= 4 is 5.91 Å². The van der Waals surface area contributed by atoms with Gasteiger partial charge in [-0.2, -0.15) is 0 Å². The number of rotatable bonds is 4. The minimum absolute atomic E-state index is 0.261. The van der Waals surface area contributed by atoms with Gasteiger partial charge in [-0.15, -0.1) is 0 Å².